The molecular weight excluding hydrogens is 160 g/mol. The van der Waals surface area contributed by atoms with Gasteiger partial charge in [-0.1, -0.05) is 0 Å². The molecule has 0 radical (unpaired) electrons. The largest absolute Gasteiger partial charge is 0.392 e. The van der Waals surface area contributed by atoms with Gasteiger partial charge in [-0.15, -0.1) is 11.3 Å². The Labute approximate surface area is 69.1 Å². The van der Waals surface area contributed by atoms with Crippen molar-refractivity contribution in [3.05, 3.63) is 16.6 Å². The molecule has 2 rings (SSSR count). The number of hydrogen-bond acceptors (Lipinski definition) is 4. The molecule has 1 aliphatic rings. The van der Waals surface area contributed by atoms with Crippen molar-refractivity contribution in [3.8, 4) is 0 Å². The van der Waals surface area contributed by atoms with E-state index in [9.17, 15) is 5.11 Å². The Morgan fingerprint density at radius 2 is 2.64 bits per heavy atom. The Kier molecular flexibility index (Phi) is 1.89. The first-order valence-electron chi connectivity index (χ1n) is 3.67. The van der Waals surface area contributed by atoms with E-state index in [-0.39, 0.29) is 12.1 Å². The zero-order valence-corrected chi connectivity index (χ0v) is 6.84. The van der Waals surface area contributed by atoms with Crippen molar-refractivity contribution in [3.63, 3.8) is 0 Å². The highest BCUT2D eigenvalue weighted by Crippen LogP contribution is 2.24. The van der Waals surface area contributed by atoms with Crippen LogP contribution in [0.25, 0.3) is 0 Å². The number of aromatic nitrogens is 1. The maximum absolute atomic E-state index is 9.21. The van der Waals surface area contributed by atoms with Gasteiger partial charge in [0.05, 0.1) is 12.1 Å². The number of nitrogens with one attached hydrogen (secondary N) is 1. The Morgan fingerprint density at radius 3 is 3.18 bits per heavy atom. The van der Waals surface area contributed by atoms with Crippen molar-refractivity contribution in [2.45, 2.75) is 18.6 Å². The van der Waals surface area contributed by atoms with E-state index >= 15 is 0 Å². The zero-order valence-electron chi connectivity index (χ0n) is 6.03. The maximum atomic E-state index is 9.21. The molecule has 1 saturated heterocycles. The average molecular weight is 170 g/mol. The summed E-state index contributed by atoms with van der Waals surface area (Å²) < 4.78 is 0. The molecule has 1 aromatic rings. The van der Waals surface area contributed by atoms with Crippen LogP contribution in [0.15, 0.2) is 11.6 Å². The predicted octanol–water partition coefficient (Wildman–Crippen LogP) is 0.538. The summed E-state index contributed by atoms with van der Waals surface area (Å²) >= 11 is 1.64. The van der Waals surface area contributed by atoms with Gasteiger partial charge in [0.1, 0.15) is 5.01 Å². The van der Waals surface area contributed by atoms with Gasteiger partial charge < -0.3 is 10.4 Å². The summed E-state index contributed by atoms with van der Waals surface area (Å²) in [7, 11) is 0. The highest BCUT2D eigenvalue weighted by Gasteiger charge is 2.24. The molecule has 2 unspecified atom stereocenters. The number of hydrogen-bond donors (Lipinski definition) is 2. The normalized spacial score (nSPS) is 31.0. The summed E-state index contributed by atoms with van der Waals surface area (Å²) in [5.74, 6) is 0. The van der Waals surface area contributed by atoms with Crippen LogP contribution in [-0.4, -0.2) is 22.7 Å². The Morgan fingerprint density at radius 1 is 1.73 bits per heavy atom. The standard InChI is InChI=1S/C7H10N2OS/c10-5-3-6(9-4-5)7-8-1-2-11-7/h1-2,5-6,9-10H,3-4H2. The molecule has 2 heterocycles. The predicted molar refractivity (Wildman–Crippen MR) is 43.5 cm³/mol. The van der Waals surface area contributed by atoms with Gasteiger partial charge in [0.25, 0.3) is 0 Å². The lowest BCUT2D eigenvalue weighted by atomic mass is 10.2. The van der Waals surface area contributed by atoms with Gasteiger partial charge in [-0.2, -0.15) is 0 Å². The lowest BCUT2D eigenvalue weighted by Crippen LogP contribution is -2.14. The third kappa shape index (κ3) is 1.42. The maximum Gasteiger partial charge on any atom is 0.110 e. The highest BCUT2D eigenvalue weighted by atomic mass is 32.1. The van der Waals surface area contributed by atoms with Gasteiger partial charge in [-0.25, -0.2) is 4.98 Å². The summed E-state index contributed by atoms with van der Waals surface area (Å²) in [6, 6.07) is 0.282. The molecule has 0 aromatic carbocycles. The smallest absolute Gasteiger partial charge is 0.110 e. The van der Waals surface area contributed by atoms with E-state index in [2.05, 4.69) is 10.3 Å². The summed E-state index contributed by atoms with van der Waals surface area (Å²) in [6.45, 7) is 0.699. The van der Waals surface area contributed by atoms with Crippen LogP contribution in [0.3, 0.4) is 0 Å². The SMILES string of the molecule is OC1CNC(c2nccs2)C1. The van der Waals surface area contributed by atoms with Crippen molar-refractivity contribution >= 4 is 11.3 Å². The fourth-order valence-corrected chi connectivity index (χ4v) is 2.04. The zero-order chi connectivity index (χ0) is 7.68. The lowest BCUT2D eigenvalue weighted by molar-refractivity contribution is 0.193. The van der Waals surface area contributed by atoms with Crippen LogP contribution in [0.5, 0.6) is 0 Å². The van der Waals surface area contributed by atoms with E-state index < -0.39 is 0 Å². The molecule has 1 aliphatic heterocycles. The van der Waals surface area contributed by atoms with E-state index in [0.717, 1.165) is 11.4 Å². The molecule has 60 valence electrons. The number of β-amino-alcohol motifs (C(OH)–C–C–N with tert-alkyl or cyclic N) is 1. The molecule has 0 amide bonds. The van der Waals surface area contributed by atoms with Crippen LogP contribution in [0.1, 0.15) is 17.5 Å². The van der Waals surface area contributed by atoms with Gasteiger partial charge in [0, 0.05) is 18.1 Å². The topological polar surface area (TPSA) is 45.1 Å². The van der Waals surface area contributed by atoms with Crippen LogP contribution in [0.4, 0.5) is 0 Å². The number of aliphatic hydroxyl groups is 1. The minimum absolute atomic E-state index is 0.191. The van der Waals surface area contributed by atoms with Gasteiger partial charge in [0.2, 0.25) is 0 Å². The molecule has 2 atom stereocenters. The molecule has 0 saturated carbocycles. The molecule has 2 N–H and O–H groups in total. The van der Waals surface area contributed by atoms with Crippen LogP contribution in [0, 0.1) is 0 Å². The number of nitrogens with zero attached hydrogens (tertiary/aromatic N) is 1. The molecule has 3 nitrogen and oxygen atoms in total. The minimum atomic E-state index is -0.191. The Hall–Kier alpha value is -0.450. The fourth-order valence-electron chi connectivity index (χ4n) is 1.31. The van der Waals surface area contributed by atoms with Gasteiger partial charge >= 0.3 is 0 Å². The van der Waals surface area contributed by atoms with Crippen molar-refractivity contribution in [1.82, 2.24) is 10.3 Å². The van der Waals surface area contributed by atoms with E-state index in [4.69, 9.17) is 0 Å². The number of thiazole rings is 1. The number of aliphatic hydroxyl groups excluding tert-OH is 1. The average Bonchev–Trinajstić information content (AvgIpc) is 2.55. The van der Waals surface area contributed by atoms with E-state index in [1.807, 2.05) is 5.38 Å². The van der Waals surface area contributed by atoms with Crippen LogP contribution in [0.2, 0.25) is 0 Å². The third-order valence-electron chi connectivity index (χ3n) is 1.86. The van der Waals surface area contributed by atoms with Crippen molar-refractivity contribution < 1.29 is 5.11 Å². The number of rotatable bonds is 1. The third-order valence-corrected chi connectivity index (χ3v) is 2.75. The van der Waals surface area contributed by atoms with Gasteiger partial charge in [-0.3, -0.25) is 0 Å². The molecule has 0 bridgehead atoms. The first-order valence-corrected chi connectivity index (χ1v) is 4.55. The monoisotopic (exact) mass is 170 g/mol. The second kappa shape index (κ2) is 2.89. The second-order valence-electron chi connectivity index (χ2n) is 2.72. The minimum Gasteiger partial charge on any atom is -0.392 e. The van der Waals surface area contributed by atoms with Crippen LogP contribution >= 0.6 is 11.3 Å². The van der Waals surface area contributed by atoms with Crippen LogP contribution < -0.4 is 5.32 Å². The molecular formula is C7H10N2OS. The molecule has 11 heavy (non-hydrogen) atoms. The highest BCUT2D eigenvalue weighted by molar-refractivity contribution is 7.09. The van der Waals surface area contributed by atoms with Gasteiger partial charge in [-0.05, 0) is 6.42 Å². The molecule has 0 spiro atoms. The van der Waals surface area contributed by atoms with E-state index in [1.165, 1.54) is 0 Å². The van der Waals surface area contributed by atoms with E-state index in [1.54, 1.807) is 17.5 Å². The van der Waals surface area contributed by atoms with Crippen molar-refractivity contribution in [1.29, 1.82) is 0 Å². The van der Waals surface area contributed by atoms with Crippen molar-refractivity contribution in [2.75, 3.05) is 6.54 Å². The van der Waals surface area contributed by atoms with E-state index in [0.29, 0.717) is 6.54 Å². The van der Waals surface area contributed by atoms with Crippen LogP contribution in [-0.2, 0) is 0 Å². The summed E-state index contributed by atoms with van der Waals surface area (Å²) in [5.41, 5.74) is 0. The van der Waals surface area contributed by atoms with Crippen molar-refractivity contribution in [2.24, 2.45) is 0 Å². The lowest BCUT2D eigenvalue weighted by Gasteiger charge is -2.03. The molecule has 1 fully saturated rings. The summed E-state index contributed by atoms with van der Waals surface area (Å²) in [6.07, 6.45) is 2.41. The first-order chi connectivity index (χ1) is 5.36. The molecule has 4 heteroatoms. The Bertz CT molecular complexity index is 224. The quantitative estimate of drug-likeness (QED) is 0.646. The fraction of sp³-hybridized carbons (Fsp3) is 0.571. The Balaban J connectivity index is 2.08. The summed E-state index contributed by atoms with van der Waals surface area (Å²) in [4.78, 5) is 4.18. The molecule has 0 aliphatic carbocycles. The molecule has 1 aromatic heterocycles. The van der Waals surface area contributed by atoms with Gasteiger partial charge in [0.15, 0.2) is 0 Å². The summed E-state index contributed by atoms with van der Waals surface area (Å²) in [5, 5.41) is 15.5. The first kappa shape index (κ1) is 7.21. The second-order valence-corrected chi connectivity index (χ2v) is 3.65.